The van der Waals surface area contributed by atoms with E-state index in [1.54, 1.807) is 30.3 Å². The highest BCUT2D eigenvalue weighted by Gasteiger charge is 2.34. The largest absolute Gasteiger partial charge is 0.357 e. The van der Waals surface area contributed by atoms with Gasteiger partial charge in [-0.3, -0.25) is 13.9 Å². The third kappa shape index (κ3) is 7.44. The van der Waals surface area contributed by atoms with Crippen LogP contribution >= 0.6 is 0 Å². The van der Waals surface area contributed by atoms with Gasteiger partial charge in [-0.2, -0.15) is 0 Å². The van der Waals surface area contributed by atoms with Gasteiger partial charge in [-0.25, -0.2) is 8.42 Å². The zero-order valence-corrected chi connectivity index (χ0v) is 25.3. The highest BCUT2D eigenvalue weighted by molar-refractivity contribution is 7.92. The van der Waals surface area contributed by atoms with Crippen LogP contribution < -0.4 is 9.62 Å². The Kier molecular flexibility index (Phi) is 9.80. The molecule has 0 radical (unpaired) electrons. The van der Waals surface area contributed by atoms with E-state index in [2.05, 4.69) is 5.32 Å². The Morgan fingerprint density at radius 2 is 1.33 bits per heavy atom. The first-order valence-corrected chi connectivity index (χ1v) is 15.3. The molecule has 1 unspecified atom stereocenters. The van der Waals surface area contributed by atoms with Gasteiger partial charge in [0.1, 0.15) is 12.6 Å². The van der Waals surface area contributed by atoms with Crippen LogP contribution in [0.5, 0.6) is 0 Å². The predicted molar refractivity (Wildman–Crippen MR) is 167 cm³/mol. The number of hydrogen-bond donors (Lipinski definition) is 1. The van der Waals surface area contributed by atoms with Gasteiger partial charge in [0.25, 0.3) is 10.0 Å². The summed E-state index contributed by atoms with van der Waals surface area (Å²) in [6.45, 7) is 5.39. The van der Waals surface area contributed by atoms with Gasteiger partial charge < -0.3 is 10.2 Å². The maximum Gasteiger partial charge on any atom is 0.264 e. The highest BCUT2D eigenvalue weighted by atomic mass is 32.2. The molecule has 2 amide bonds. The maximum absolute atomic E-state index is 14.4. The average Bonchev–Trinajstić information content (AvgIpc) is 2.97. The monoisotopic (exact) mass is 583 g/mol. The molecule has 0 spiro atoms. The lowest BCUT2D eigenvalue weighted by molar-refractivity contribution is -0.139. The molecule has 1 N–H and O–H groups in total. The van der Waals surface area contributed by atoms with E-state index in [-0.39, 0.29) is 23.8 Å². The number of amides is 2. The second-order valence-corrected chi connectivity index (χ2v) is 12.4. The first kappa shape index (κ1) is 30.5. The molecule has 0 fully saturated rings. The molecule has 0 aliphatic heterocycles. The molecule has 0 aliphatic carbocycles. The Hall–Kier alpha value is -4.43. The van der Waals surface area contributed by atoms with E-state index < -0.39 is 28.5 Å². The lowest BCUT2D eigenvalue weighted by Crippen LogP contribution is -2.53. The minimum Gasteiger partial charge on any atom is -0.357 e. The number of sulfonamides is 1. The smallest absolute Gasteiger partial charge is 0.264 e. The fourth-order valence-corrected chi connectivity index (χ4v) is 6.49. The second-order valence-electron chi connectivity index (χ2n) is 10.5. The normalized spacial score (nSPS) is 11.9. The maximum atomic E-state index is 14.4. The van der Waals surface area contributed by atoms with Gasteiger partial charge in [-0.1, -0.05) is 84.4 Å². The van der Waals surface area contributed by atoms with Crippen molar-refractivity contribution in [3.8, 4) is 0 Å². The summed E-state index contributed by atoms with van der Waals surface area (Å²) >= 11 is 0. The van der Waals surface area contributed by atoms with Crippen molar-refractivity contribution in [3.63, 3.8) is 0 Å². The van der Waals surface area contributed by atoms with Crippen LogP contribution in [0.3, 0.4) is 0 Å². The molecule has 0 saturated heterocycles. The van der Waals surface area contributed by atoms with Crippen LogP contribution in [0, 0.1) is 20.8 Å². The Balaban J connectivity index is 1.81. The number of rotatable bonds is 11. The molecule has 4 aromatic carbocycles. The van der Waals surface area contributed by atoms with Crippen LogP contribution in [0.2, 0.25) is 0 Å². The number of aryl methyl sites for hydroxylation is 3. The van der Waals surface area contributed by atoms with Crippen molar-refractivity contribution in [2.45, 2.75) is 44.7 Å². The van der Waals surface area contributed by atoms with Gasteiger partial charge in [0.2, 0.25) is 11.8 Å². The van der Waals surface area contributed by atoms with Crippen LogP contribution in [-0.4, -0.2) is 44.8 Å². The molecule has 0 aromatic heterocycles. The highest BCUT2D eigenvalue weighted by Crippen LogP contribution is 2.27. The molecule has 4 aromatic rings. The molecule has 42 heavy (non-hydrogen) atoms. The van der Waals surface area contributed by atoms with Gasteiger partial charge in [0.05, 0.1) is 10.6 Å². The van der Waals surface area contributed by atoms with Crippen molar-refractivity contribution in [2.75, 3.05) is 17.9 Å². The fraction of sp³-hybridized carbons (Fsp3) is 0.235. The minimum absolute atomic E-state index is 0.0781. The SMILES string of the molecule is CNC(=O)C(Cc1ccccc1)N(Cc1cccc(C)c1)C(=O)CN(c1cc(C)cc(C)c1)S(=O)(=O)c1ccccc1. The van der Waals surface area contributed by atoms with Crippen molar-refractivity contribution >= 4 is 27.5 Å². The third-order valence-corrected chi connectivity index (χ3v) is 8.85. The Bertz CT molecular complexity index is 1620. The summed E-state index contributed by atoms with van der Waals surface area (Å²) < 4.78 is 29.2. The van der Waals surface area contributed by atoms with E-state index in [9.17, 15) is 18.0 Å². The summed E-state index contributed by atoms with van der Waals surface area (Å²) in [6, 6.07) is 29.9. The zero-order chi connectivity index (χ0) is 30.3. The number of anilines is 1. The van der Waals surface area contributed by atoms with Crippen molar-refractivity contribution < 1.29 is 18.0 Å². The van der Waals surface area contributed by atoms with Crippen LogP contribution in [0.1, 0.15) is 27.8 Å². The number of carbonyl (C=O) groups excluding carboxylic acids is 2. The standard InChI is InChI=1S/C34H37N3O4S/c1-25-12-11-15-29(19-25)23-36(32(34(39)35-4)22-28-13-7-5-8-14-28)33(38)24-37(30-20-26(2)18-27(3)21-30)42(40,41)31-16-9-6-10-17-31/h5-21,32H,22-24H2,1-4H3,(H,35,39). The summed E-state index contributed by atoms with van der Waals surface area (Å²) in [5.41, 5.74) is 4.87. The van der Waals surface area contributed by atoms with Gasteiger partial charge >= 0.3 is 0 Å². The van der Waals surface area contributed by atoms with Crippen molar-refractivity contribution in [3.05, 3.63) is 131 Å². The lowest BCUT2D eigenvalue weighted by atomic mass is 10.0. The van der Waals surface area contributed by atoms with Gasteiger partial charge in [0.15, 0.2) is 0 Å². The third-order valence-electron chi connectivity index (χ3n) is 7.06. The van der Waals surface area contributed by atoms with E-state index in [0.717, 1.165) is 32.1 Å². The molecule has 0 saturated carbocycles. The number of benzene rings is 4. The van der Waals surface area contributed by atoms with Crippen LogP contribution in [-0.2, 0) is 32.6 Å². The van der Waals surface area contributed by atoms with E-state index in [1.807, 2.05) is 81.4 Å². The molecule has 0 aliphatic rings. The summed E-state index contributed by atoms with van der Waals surface area (Å²) in [4.78, 5) is 29.3. The van der Waals surface area contributed by atoms with Gasteiger partial charge in [-0.15, -0.1) is 0 Å². The Labute approximate surface area is 248 Å². The number of nitrogens with one attached hydrogen (secondary N) is 1. The van der Waals surface area contributed by atoms with E-state index in [4.69, 9.17) is 0 Å². The number of hydrogen-bond acceptors (Lipinski definition) is 4. The molecule has 0 heterocycles. The molecule has 0 bridgehead atoms. The summed E-state index contributed by atoms with van der Waals surface area (Å²) in [5, 5.41) is 2.71. The van der Waals surface area contributed by atoms with Crippen molar-refractivity contribution in [1.29, 1.82) is 0 Å². The molecule has 7 nitrogen and oxygen atoms in total. The number of nitrogens with zero attached hydrogens (tertiary/aromatic N) is 2. The van der Waals surface area contributed by atoms with Crippen molar-refractivity contribution in [2.24, 2.45) is 0 Å². The van der Waals surface area contributed by atoms with Crippen molar-refractivity contribution in [1.82, 2.24) is 10.2 Å². The zero-order valence-electron chi connectivity index (χ0n) is 24.4. The quantitative estimate of drug-likeness (QED) is 0.263. The van der Waals surface area contributed by atoms with E-state index in [0.29, 0.717) is 5.69 Å². The predicted octanol–water partition coefficient (Wildman–Crippen LogP) is 5.19. The Morgan fingerprint density at radius 1 is 0.738 bits per heavy atom. The minimum atomic E-state index is -4.12. The number of carbonyl (C=O) groups is 2. The van der Waals surface area contributed by atoms with Crippen LogP contribution in [0.4, 0.5) is 5.69 Å². The second kappa shape index (κ2) is 13.5. The van der Waals surface area contributed by atoms with Gasteiger partial charge in [-0.05, 0) is 67.3 Å². The molecule has 1 atom stereocenters. The molecule has 8 heteroatoms. The summed E-state index contributed by atoms with van der Waals surface area (Å²) in [5.74, 6) is -0.816. The first-order valence-electron chi connectivity index (χ1n) is 13.8. The molecular formula is C34H37N3O4S. The molecule has 4 rings (SSSR count). The van der Waals surface area contributed by atoms with Crippen LogP contribution in [0.25, 0.3) is 0 Å². The van der Waals surface area contributed by atoms with Crippen LogP contribution in [0.15, 0.2) is 108 Å². The lowest BCUT2D eigenvalue weighted by Gasteiger charge is -2.33. The fourth-order valence-electron chi connectivity index (χ4n) is 5.07. The summed E-state index contributed by atoms with van der Waals surface area (Å²) in [6.07, 6.45) is 0.271. The van der Waals surface area contributed by atoms with E-state index in [1.165, 1.54) is 24.1 Å². The number of likely N-dealkylation sites (N-methyl/N-ethyl adjacent to an activating group) is 1. The average molecular weight is 584 g/mol. The first-order chi connectivity index (χ1) is 20.1. The molecule has 218 valence electrons. The topological polar surface area (TPSA) is 86.8 Å². The van der Waals surface area contributed by atoms with E-state index >= 15 is 0 Å². The van der Waals surface area contributed by atoms with Gasteiger partial charge in [0, 0.05) is 20.0 Å². The summed E-state index contributed by atoms with van der Waals surface area (Å²) in [7, 11) is -2.58. The molecular weight excluding hydrogens is 546 g/mol. The Morgan fingerprint density at radius 3 is 1.93 bits per heavy atom.